The largest absolute Gasteiger partial charge is 0.367 e. The van der Waals surface area contributed by atoms with E-state index >= 15 is 0 Å². The molecule has 3 heterocycles. The number of likely N-dealkylation sites (N-methyl/N-ethyl adjacent to an activating group) is 1. The number of carbonyl (C=O) groups excluding carboxylic acids is 1. The summed E-state index contributed by atoms with van der Waals surface area (Å²) in [6.07, 6.45) is 3.84. The Balaban J connectivity index is 1.58. The Kier molecular flexibility index (Phi) is 3.44. The van der Waals surface area contributed by atoms with Crippen molar-refractivity contribution < 1.29 is 4.79 Å². The van der Waals surface area contributed by atoms with Crippen molar-refractivity contribution >= 4 is 6.03 Å². The number of hydrogen-bond acceptors (Lipinski definition) is 3. The van der Waals surface area contributed by atoms with E-state index in [0.717, 1.165) is 38.3 Å². The van der Waals surface area contributed by atoms with Gasteiger partial charge in [-0.05, 0) is 18.7 Å². The predicted octanol–water partition coefficient (Wildman–Crippen LogP) is -0.0154. The Morgan fingerprint density at radius 1 is 1.42 bits per heavy atom. The number of aromatic amines is 1. The summed E-state index contributed by atoms with van der Waals surface area (Å²) in [7, 11) is 2.13. The minimum atomic E-state index is 0.0428. The number of urea groups is 1. The van der Waals surface area contributed by atoms with Gasteiger partial charge < -0.3 is 25.4 Å². The SMILES string of the molecule is CN1CCNC(CN2CC(c3cc[nH]c3)NC2=O)C1. The van der Waals surface area contributed by atoms with Crippen LogP contribution in [0.3, 0.4) is 0 Å². The summed E-state index contributed by atoms with van der Waals surface area (Å²) >= 11 is 0. The van der Waals surface area contributed by atoms with Crippen LogP contribution in [0, 0.1) is 0 Å². The fraction of sp³-hybridized carbons (Fsp3) is 0.615. The number of carbonyl (C=O) groups is 1. The van der Waals surface area contributed by atoms with E-state index in [1.807, 2.05) is 23.4 Å². The van der Waals surface area contributed by atoms with E-state index in [4.69, 9.17) is 0 Å². The maximum atomic E-state index is 12.0. The lowest BCUT2D eigenvalue weighted by Crippen LogP contribution is -2.54. The second-order valence-electron chi connectivity index (χ2n) is 5.46. The molecule has 3 N–H and O–H groups in total. The maximum absolute atomic E-state index is 12.0. The summed E-state index contributed by atoms with van der Waals surface area (Å²) in [6.45, 7) is 4.60. The number of H-pyrrole nitrogens is 1. The van der Waals surface area contributed by atoms with Gasteiger partial charge in [-0.15, -0.1) is 0 Å². The lowest BCUT2D eigenvalue weighted by Gasteiger charge is -2.33. The van der Waals surface area contributed by atoms with Crippen molar-refractivity contribution in [1.29, 1.82) is 0 Å². The van der Waals surface area contributed by atoms with Gasteiger partial charge in [0, 0.05) is 51.2 Å². The van der Waals surface area contributed by atoms with Gasteiger partial charge in [-0.1, -0.05) is 0 Å². The highest BCUT2D eigenvalue weighted by atomic mass is 16.2. The number of nitrogens with one attached hydrogen (secondary N) is 3. The Bertz CT molecular complexity index is 432. The predicted molar refractivity (Wildman–Crippen MR) is 72.9 cm³/mol. The van der Waals surface area contributed by atoms with E-state index in [1.54, 1.807) is 0 Å². The van der Waals surface area contributed by atoms with Gasteiger partial charge in [0.15, 0.2) is 0 Å². The van der Waals surface area contributed by atoms with Gasteiger partial charge >= 0.3 is 6.03 Å². The molecule has 2 amide bonds. The zero-order valence-electron chi connectivity index (χ0n) is 11.2. The zero-order valence-corrected chi connectivity index (χ0v) is 11.2. The molecule has 2 aliphatic heterocycles. The minimum absolute atomic E-state index is 0.0428. The van der Waals surface area contributed by atoms with Gasteiger partial charge in [0.05, 0.1) is 6.04 Å². The average Bonchev–Trinajstić information content (AvgIpc) is 3.00. The Morgan fingerprint density at radius 2 is 2.32 bits per heavy atom. The van der Waals surface area contributed by atoms with Crippen molar-refractivity contribution in [2.45, 2.75) is 12.1 Å². The molecule has 0 saturated carbocycles. The fourth-order valence-corrected chi connectivity index (χ4v) is 2.87. The van der Waals surface area contributed by atoms with E-state index < -0.39 is 0 Å². The summed E-state index contributed by atoms with van der Waals surface area (Å²) < 4.78 is 0. The highest BCUT2D eigenvalue weighted by Gasteiger charge is 2.32. The molecule has 6 nitrogen and oxygen atoms in total. The minimum Gasteiger partial charge on any atom is -0.367 e. The van der Waals surface area contributed by atoms with Crippen LogP contribution in [0.1, 0.15) is 11.6 Å². The number of aromatic nitrogens is 1. The van der Waals surface area contributed by atoms with E-state index in [2.05, 4.69) is 27.6 Å². The van der Waals surface area contributed by atoms with Crippen molar-refractivity contribution in [3.63, 3.8) is 0 Å². The number of nitrogens with zero attached hydrogens (tertiary/aromatic N) is 2. The first kappa shape index (κ1) is 12.5. The van der Waals surface area contributed by atoms with Crippen LogP contribution < -0.4 is 10.6 Å². The number of rotatable bonds is 3. The Hall–Kier alpha value is -1.53. The zero-order chi connectivity index (χ0) is 13.2. The molecule has 2 atom stereocenters. The smallest absolute Gasteiger partial charge is 0.318 e. The molecule has 2 saturated heterocycles. The van der Waals surface area contributed by atoms with Crippen LogP contribution in [0.2, 0.25) is 0 Å². The molecule has 0 spiro atoms. The highest BCUT2D eigenvalue weighted by molar-refractivity contribution is 5.77. The van der Waals surface area contributed by atoms with Crippen molar-refractivity contribution in [3.8, 4) is 0 Å². The summed E-state index contributed by atoms with van der Waals surface area (Å²) in [5.41, 5.74) is 1.14. The van der Waals surface area contributed by atoms with Gasteiger partial charge in [-0.2, -0.15) is 0 Å². The molecule has 2 aliphatic rings. The summed E-state index contributed by atoms with van der Waals surface area (Å²) in [4.78, 5) is 19.2. The van der Waals surface area contributed by atoms with Crippen molar-refractivity contribution in [2.75, 3.05) is 39.8 Å². The van der Waals surface area contributed by atoms with Crippen LogP contribution in [0.5, 0.6) is 0 Å². The van der Waals surface area contributed by atoms with E-state index in [9.17, 15) is 4.79 Å². The van der Waals surface area contributed by atoms with Gasteiger partial charge in [-0.25, -0.2) is 4.79 Å². The molecular weight excluding hydrogens is 242 g/mol. The average molecular weight is 263 g/mol. The van der Waals surface area contributed by atoms with Crippen molar-refractivity contribution in [1.82, 2.24) is 25.4 Å². The van der Waals surface area contributed by atoms with Gasteiger partial charge in [-0.3, -0.25) is 0 Å². The second kappa shape index (κ2) is 5.22. The van der Waals surface area contributed by atoms with Crippen LogP contribution in [0.15, 0.2) is 18.5 Å². The standard InChI is InChI=1S/C13H21N5O/c1-17-5-4-15-11(7-17)8-18-9-12(16-13(18)19)10-2-3-14-6-10/h2-3,6,11-12,14-15H,4-5,7-9H2,1H3,(H,16,19). The van der Waals surface area contributed by atoms with Crippen LogP contribution in [0.4, 0.5) is 4.79 Å². The topological polar surface area (TPSA) is 63.4 Å². The lowest BCUT2D eigenvalue weighted by molar-refractivity contribution is 0.186. The molecule has 2 fully saturated rings. The first-order chi connectivity index (χ1) is 9.22. The van der Waals surface area contributed by atoms with Gasteiger partial charge in [0.1, 0.15) is 0 Å². The van der Waals surface area contributed by atoms with Crippen molar-refractivity contribution in [3.05, 3.63) is 24.0 Å². The maximum Gasteiger partial charge on any atom is 0.318 e. The molecule has 1 aromatic rings. The molecule has 3 rings (SSSR count). The van der Waals surface area contributed by atoms with E-state index in [1.165, 1.54) is 0 Å². The number of hydrogen-bond donors (Lipinski definition) is 3. The summed E-state index contributed by atoms with van der Waals surface area (Å²) in [6, 6.07) is 2.54. The van der Waals surface area contributed by atoms with Crippen LogP contribution in [0.25, 0.3) is 0 Å². The van der Waals surface area contributed by atoms with Crippen LogP contribution >= 0.6 is 0 Å². The third-order valence-corrected chi connectivity index (χ3v) is 3.91. The summed E-state index contributed by atoms with van der Waals surface area (Å²) in [5.74, 6) is 0. The third-order valence-electron chi connectivity index (χ3n) is 3.91. The first-order valence-corrected chi connectivity index (χ1v) is 6.82. The molecule has 0 aliphatic carbocycles. The molecular formula is C13H21N5O. The summed E-state index contributed by atoms with van der Waals surface area (Å²) in [5, 5.41) is 6.51. The molecule has 2 unspecified atom stereocenters. The van der Waals surface area contributed by atoms with Gasteiger partial charge in [0.2, 0.25) is 0 Å². The third kappa shape index (κ3) is 2.74. The Morgan fingerprint density at radius 3 is 3.05 bits per heavy atom. The van der Waals surface area contributed by atoms with E-state index in [-0.39, 0.29) is 12.1 Å². The molecule has 19 heavy (non-hydrogen) atoms. The number of piperazine rings is 1. The number of amides is 2. The normalized spacial score (nSPS) is 28.7. The van der Waals surface area contributed by atoms with Crippen molar-refractivity contribution in [2.24, 2.45) is 0 Å². The second-order valence-corrected chi connectivity index (χ2v) is 5.46. The molecule has 0 bridgehead atoms. The van der Waals surface area contributed by atoms with Gasteiger partial charge in [0.25, 0.3) is 0 Å². The molecule has 104 valence electrons. The molecule has 6 heteroatoms. The fourth-order valence-electron chi connectivity index (χ4n) is 2.87. The quantitative estimate of drug-likeness (QED) is 0.718. The molecule has 1 aromatic heterocycles. The van der Waals surface area contributed by atoms with E-state index in [0.29, 0.717) is 6.04 Å². The van der Waals surface area contributed by atoms with Crippen LogP contribution in [-0.2, 0) is 0 Å². The first-order valence-electron chi connectivity index (χ1n) is 6.82. The molecule has 0 aromatic carbocycles. The van der Waals surface area contributed by atoms with Crippen LogP contribution in [-0.4, -0.2) is 66.6 Å². The monoisotopic (exact) mass is 263 g/mol. The molecule has 0 radical (unpaired) electrons. The Labute approximate surface area is 113 Å². The highest BCUT2D eigenvalue weighted by Crippen LogP contribution is 2.19. The lowest BCUT2D eigenvalue weighted by atomic mass is 10.1.